The fourth-order valence-electron chi connectivity index (χ4n) is 1.36. The van der Waals surface area contributed by atoms with E-state index in [-0.39, 0.29) is 5.82 Å². The molecular formula is C11H14FNO. The van der Waals surface area contributed by atoms with Crippen LogP contribution in [0.3, 0.4) is 0 Å². The smallest absolute Gasteiger partial charge is 0.150 e. The van der Waals surface area contributed by atoms with Crippen molar-refractivity contribution in [3.05, 3.63) is 34.6 Å². The normalized spacial score (nSPS) is 11.5. The molecule has 1 aromatic carbocycles. The Hall–Kier alpha value is -1.22. The van der Waals surface area contributed by atoms with Crippen LogP contribution in [0.2, 0.25) is 0 Å². The summed E-state index contributed by atoms with van der Waals surface area (Å²) in [4.78, 5) is 10.8. The third kappa shape index (κ3) is 1.99. The summed E-state index contributed by atoms with van der Waals surface area (Å²) in [5, 5.41) is 0. The van der Waals surface area contributed by atoms with E-state index < -0.39 is 5.54 Å². The van der Waals surface area contributed by atoms with E-state index in [2.05, 4.69) is 0 Å². The van der Waals surface area contributed by atoms with E-state index in [9.17, 15) is 9.18 Å². The number of benzene rings is 1. The van der Waals surface area contributed by atoms with E-state index in [1.54, 1.807) is 20.8 Å². The number of hydrogen-bond acceptors (Lipinski definition) is 2. The molecule has 0 bridgehead atoms. The molecular weight excluding hydrogens is 181 g/mol. The number of nitrogens with two attached hydrogens (primary N) is 1. The highest BCUT2D eigenvalue weighted by atomic mass is 19.1. The third-order valence-corrected chi connectivity index (χ3v) is 2.15. The van der Waals surface area contributed by atoms with E-state index in [1.165, 1.54) is 12.1 Å². The van der Waals surface area contributed by atoms with Gasteiger partial charge in [0.05, 0.1) is 0 Å². The van der Waals surface area contributed by atoms with Crippen LogP contribution in [0.5, 0.6) is 0 Å². The first-order valence-corrected chi connectivity index (χ1v) is 4.41. The Morgan fingerprint density at radius 3 is 2.43 bits per heavy atom. The quantitative estimate of drug-likeness (QED) is 0.735. The largest absolute Gasteiger partial charge is 0.322 e. The van der Waals surface area contributed by atoms with Gasteiger partial charge in [0.15, 0.2) is 0 Å². The second kappa shape index (κ2) is 3.50. The SMILES string of the molecule is Cc1cc(C=O)c(C(C)(C)N)cc1F. The van der Waals surface area contributed by atoms with Gasteiger partial charge in [-0.25, -0.2) is 4.39 Å². The summed E-state index contributed by atoms with van der Waals surface area (Å²) < 4.78 is 13.3. The second-order valence-electron chi connectivity index (χ2n) is 4.03. The lowest BCUT2D eigenvalue weighted by molar-refractivity contribution is 0.112. The lowest BCUT2D eigenvalue weighted by Gasteiger charge is -2.21. The Morgan fingerprint density at radius 2 is 2.00 bits per heavy atom. The van der Waals surface area contributed by atoms with Gasteiger partial charge >= 0.3 is 0 Å². The highest BCUT2D eigenvalue weighted by Gasteiger charge is 2.19. The van der Waals surface area contributed by atoms with E-state index in [0.29, 0.717) is 23.0 Å². The van der Waals surface area contributed by atoms with Gasteiger partial charge in [-0.05, 0) is 44.0 Å². The maximum atomic E-state index is 13.3. The Labute approximate surface area is 82.9 Å². The van der Waals surface area contributed by atoms with Gasteiger partial charge in [-0.3, -0.25) is 4.79 Å². The molecule has 0 radical (unpaired) electrons. The minimum atomic E-state index is -0.704. The molecule has 1 aromatic rings. The van der Waals surface area contributed by atoms with Crippen molar-refractivity contribution in [1.82, 2.24) is 0 Å². The van der Waals surface area contributed by atoms with Gasteiger partial charge in [-0.15, -0.1) is 0 Å². The molecule has 1 rings (SSSR count). The van der Waals surface area contributed by atoms with Crippen molar-refractivity contribution >= 4 is 6.29 Å². The van der Waals surface area contributed by atoms with Crippen molar-refractivity contribution in [3.63, 3.8) is 0 Å². The molecule has 2 nitrogen and oxygen atoms in total. The number of carbonyl (C=O) groups excluding carboxylic acids is 1. The van der Waals surface area contributed by atoms with Gasteiger partial charge < -0.3 is 5.73 Å². The zero-order valence-electron chi connectivity index (χ0n) is 8.60. The molecule has 0 aliphatic rings. The summed E-state index contributed by atoms with van der Waals surface area (Å²) in [6.45, 7) is 5.10. The Morgan fingerprint density at radius 1 is 1.43 bits per heavy atom. The molecule has 0 saturated carbocycles. The zero-order chi connectivity index (χ0) is 10.9. The van der Waals surface area contributed by atoms with Crippen LogP contribution in [-0.2, 0) is 5.54 Å². The lowest BCUT2D eigenvalue weighted by Crippen LogP contribution is -2.30. The van der Waals surface area contributed by atoms with Crippen LogP contribution in [0.1, 0.15) is 35.3 Å². The molecule has 0 heterocycles. The molecule has 2 N–H and O–H groups in total. The van der Waals surface area contributed by atoms with Crippen molar-refractivity contribution in [1.29, 1.82) is 0 Å². The predicted molar refractivity (Wildman–Crippen MR) is 53.7 cm³/mol. The van der Waals surface area contributed by atoms with Crippen molar-refractivity contribution in [2.45, 2.75) is 26.3 Å². The number of hydrogen-bond donors (Lipinski definition) is 1. The monoisotopic (exact) mass is 195 g/mol. The van der Waals surface area contributed by atoms with E-state index in [0.717, 1.165) is 0 Å². The van der Waals surface area contributed by atoms with Crippen LogP contribution < -0.4 is 5.73 Å². The first-order valence-electron chi connectivity index (χ1n) is 4.41. The molecule has 14 heavy (non-hydrogen) atoms. The van der Waals surface area contributed by atoms with E-state index in [4.69, 9.17) is 5.73 Å². The van der Waals surface area contributed by atoms with Crippen LogP contribution in [0, 0.1) is 12.7 Å². The molecule has 0 spiro atoms. The second-order valence-corrected chi connectivity index (χ2v) is 4.03. The average molecular weight is 195 g/mol. The first kappa shape index (κ1) is 10.9. The summed E-state index contributed by atoms with van der Waals surface area (Å²) in [5.41, 5.74) is 6.57. The maximum Gasteiger partial charge on any atom is 0.150 e. The maximum absolute atomic E-state index is 13.3. The third-order valence-electron chi connectivity index (χ3n) is 2.15. The van der Waals surface area contributed by atoms with Crippen LogP contribution >= 0.6 is 0 Å². The van der Waals surface area contributed by atoms with Crippen LogP contribution in [-0.4, -0.2) is 6.29 Å². The molecule has 0 aliphatic carbocycles. The summed E-state index contributed by atoms with van der Waals surface area (Å²) >= 11 is 0. The standard InChI is InChI=1S/C11H14FNO/c1-7-4-8(6-14)9(5-10(7)12)11(2,3)13/h4-6H,13H2,1-3H3. The lowest BCUT2D eigenvalue weighted by atomic mass is 9.90. The van der Waals surface area contributed by atoms with Crippen LogP contribution in [0.25, 0.3) is 0 Å². The molecule has 0 amide bonds. The zero-order valence-corrected chi connectivity index (χ0v) is 8.60. The Bertz CT molecular complexity index is 366. The van der Waals surface area contributed by atoms with Crippen LogP contribution in [0.4, 0.5) is 4.39 Å². The van der Waals surface area contributed by atoms with Gasteiger partial charge in [-0.1, -0.05) is 0 Å². The molecule has 0 atom stereocenters. The minimum absolute atomic E-state index is 0.330. The summed E-state index contributed by atoms with van der Waals surface area (Å²) in [7, 11) is 0. The predicted octanol–water partition coefficient (Wildman–Crippen LogP) is 2.14. The average Bonchev–Trinajstić information content (AvgIpc) is 2.07. The van der Waals surface area contributed by atoms with Crippen molar-refractivity contribution < 1.29 is 9.18 Å². The summed E-state index contributed by atoms with van der Waals surface area (Å²) in [6.07, 6.45) is 0.705. The topological polar surface area (TPSA) is 43.1 Å². The van der Waals surface area contributed by atoms with Gasteiger partial charge in [0.25, 0.3) is 0 Å². The van der Waals surface area contributed by atoms with Crippen LogP contribution in [0.15, 0.2) is 12.1 Å². The number of carbonyl (C=O) groups is 1. The fourth-order valence-corrected chi connectivity index (χ4v) is 1.36. The van der Waals surface area contributed by atoms with E-state index in [1.807, 2.05) is 0 Å². The number of aldehydes is 1. The number of halogens is 1. The number of rotatable bonds is 2. The van der Waals surface area contributed by atoms with Gasteiger partial charge in [-0.2, -0.15) is 0 Å². The molecule has 0 aromatic heterocycles. The highest BCUT2D eigenvalue weighted by molar-refractivity contribution is 5.78. The summed E-state index contributed by atoms with van der Waals surface area (Å²) in [5.74, 6) is -0.330. The Kier molecular flexibility index (Phi) is 2.71. The Balaban J connectivity index is 3.42. The van der Waals surface area contributed by atoms with Gasteiger partial charge in [0.2, 0.25) is 0 Å². The minimum Gasteiger partial charge on any atom is -0.322 e. The van der Waals surface area contributed by atoms with Gasteiger partial charge in [0, 0.05) is 11.1 Å². The van der Waals surface area contributed by atoms with Crippen molar-refractivity contribution in [3.8, 4) is 0 Å². The number of aryl methyl sites for hydroxylation is 1. The molecule has 0 saturated heterocycles. The van der Waals surface area contributed by atoms with E-state index >= 15 is 0 Å². The molecule has 3 heteroatoms. The fraction of sp³-hybridized carbons (Fsp3) is 0.364. The summed E-state index contributed by atoms with van der Waals surface area (Å²) in [6, 6.07) is 2.85. The molecule has 76 valence electrons. The van der Waals surface area contributed by atoms with Crippen molar-refractivity contribution in [2.24, 2.45) is 5.73 Å². The first-order chi connectivity index (χ1) is 6.36. The molecule has 0 aliphatic heterocycles. The van der Waals surface area contributed by atoms with Crippen molar-refractivity contribution in [2.75, 3.05) is 0 Å². The molecule has 0 unspecified atom stereocenters. The molecule has 0 fully saturated rings. The van der Waals surface area contributed by atoms with Gasteiger partial charge in [0.1, 0.15) is 12.1 Å². The highest BCUT2D eigenvalue weighted by Crippen LogP contribution is 2.23.